The topological polar surface area (TPSA) is 56.8 Å². The minimum Gasteiger partial charge on any atom is -0.493 e. The molecule has 0 aliphatic carbocycles. The third-order valence-corrected chi connectivity index (χ3v) is 4.38. The molecule has 6 heteroatoms. The molecule has 0 atom stereocenters. The van der Waals surface area contributed by atoms with E-state index in [-0.39, 0.29) is 5.91 Å². The Balaban J connectivity index is 1.71. The van der Waals surface area contributed by atoms with Crippen molar-refractivity contribution in [2.75, 3.05) is 31.9 Å². The molecule has 0 radical (unpaired) electrons. The van der Waals surface area contributed by atoms with Crippen molar-refractivity contribution in [3.05, 3.63) is 48.0 Å². The van der Waals surface area contributed by atoms with Crippen LogP contribution in [0, 0.1) is 0 Å². The number of fused-ring (bicyclic) bond motifs is 1. The van der Waals surface area contributed by atoms with Gasteiger partial charge in [-0.15, -0.1) is 11.8 Å². The lowest BCUT2D eigenvalue weighted by Gasteiger charge is -2.20. The van der Waals surface area contributed by atoms with Crippen molar-refractivity contribution in [1.82, 2.24) is 0 Å². The third kappa shape index (κ3) is 4.28. The van der Waals surface area contributed by atoms with Crippen molar-refractivity contribution in [2.24, 2.45) is 0 Å². The van der Waals surface area contributed by atoms with Crippen molar-refractivity contribution >= 4 is 29.4 Å². The Hall–Kier alpha value is -2.60. The number of ether oxygens (including phenoxy) is 3. The van der Waals surface area contributed by atoms with Crippen LogP contribution < -0.4 is 19.5 Å². The summed E-state index contributed by atoms with van der Waals surface area (Å²) in [6, 6.07) is 11.3. The highest BCUT2D eigenvalue weighted by molar-refractivity contribution is 7.98. The van der Waals surface area contributed by atoms with E-state index in [1.165, 1.54) is 6.08 Å². The van der Waals surface area contributed by atoms with Gasteiger partial charge >= 0.3 is 0 Å². The van der Waals surface area contributed by atoms with Crippen LogP contribution in [0.1, 0.15) is 5.56 Å². The molecule has 0 aromatic heterocycles. The van der Waals surface area contributed by atoms with Crippen LogP contribution in [-0.2, 0) is 4.79 Å². The summed E-state index contributed by atoms with van der Waals surface area (Å²) in [7, 11) is 1.58. The number of thioether (sulfide) groups is 1. The first-order valence-electron chi connectivity index (χ1n) is 7.80. The number of hydrogen-bond donors (Lipinski definition) is 1. The van der Waals surface area contributed by atoms with Gasteiger partial charge in [-0.2, -0.15) is 0 Å². The zero-order valence-corrected chi connectivity index (χ0v) is 14.9. The highest BCUT2D eigenvalue weighted by atomic mass is 32.2. The van der Waals surface area contributed by atoms with Crippen LogP contribution in [0.2, 0.25) is 0 Å². The van der Waals surface area contributed by atoms with Crippen molar-refractivity contribution in [2.45, 2.75) is 4.90 Å². The number of nitrogens with one attached hydrogen (secondary N) is 1. The minimum absolute atomic E-state index is 0.203. The maximum atomic E-state index is 12.1. The summed E-state index contributed by atoms with van der Waals surface area (Å²) in [6.45, 7) is 0.992. The Labute approximate surface area is 151 Å². The molecular formula is C19H19NO4S. The second kappa shape index (κ2) is 7.98. The first kappa shape index (κ1) is 17.2. The Bertz CT molecular complexity index is 770. The summed E-state index contributed by atoms with van der Waals surface area (Å²) in [5.41, 5.74) is 1.56. The molecular weight excluding hydrogens is 338 g/mol. The Morgan fingerprint density at radius 1 is 1.20 bits per heavy atom. The Kier molecular flexibility index (Phi) is 5.50. The molecule has 0 fully saturated rings. The summed E-state index contributed by atoms with van der Waals surface area (Å²) in [5, 5.41) is 2.83. The predicted octanol–water partition coefficient (Wildman–Crippen LogP) is 3.84. The fourth-order valence-corrected chi connectivity index (χ4v) is 2.83. The number of methoxy groups -OCH3 is 1. The average molecular weight is 357 g/mol. The fourth-order valence-electron chi connectivity index (χ4n) is 2.42. The van der Waals surface area contributed by atoms with Gasteiger partial charge in [-0.05, 0) is 54.3 Å². The second-order valence-electron chi connectivity index (χ2n) is 5.30. The summed E-state index contributed by atoms with van der Waals surface area (Å²) >= 11 is 1.66. The third-order valence-electron chi connectivity index (χ3n) is 3.64. The number of rotatable bonds is 5. The van der Waals surface area contributed by atoms with Gasteiger partial charge in [-0.3, -0.25) is 4.79 Å². The number of hydrogen-bond acceptors (Lipinski definition) is 5. The standard InChI is InChI=1S/C19H19NO4S/c1-22-16-11-13(12-17-19(16)24-10-9-23-17)3-8-18(21)20-14-4-6-15(25-2)7-5-14/h3-8,11-12H,9-10H2,1-2H3,(H,20,21)/b8-3+. The van der Waals surface area contributed by atoms with Crippen LogP contribution in [0.25, 0.3) is 6.08 Å². The largest absolute Gasteiger partial charge is 0.493 e. The molecule has 0 spiro atoms. The van der Waals surface area contributed by atoms with Crippen molar-refractivity contribution in [3.63, 3.8) is 0 Å². The normalized spacial score (nSPS) is 12.9. The van der Waals surface area contributed by atoms with E-state index < -0.39 is 0 Å². The molecule has 0 unspecified atom stereocenters. The summed E-state index contributed by atoms with van der Waals surface area (Å²) in [6.07, 6.45) is 5.21. The molecule has 2 aromatic rings. The van der Waals surface area contributed by atoms with E-state index in [1.54, 1.807) is 24.9 Å². The van der Waals surface area contributed by atoms with Crippen LogP contribution in [0.15, 0.2) is 47.4 Å². The molecule has 3 rings (SSSR count). The molecule has 130 valence electrons. The van der Waals surface area contributed by atoms with Crippen LogP contribution in [0.4, 0.5) is 5.69 Å². The maximum absolute atomic E-state index is 12.1. The Morgan fingerprint density at radius 2 is 1.96 bits per heavy atom. The Morgan fingerprint density at radius 3 is 2.68 bits per heavy atom. The molecule has 1 N–H and O–H groups in total. The van der Waals surface area contributed by atoms with Crippen LogP contribution in [0.3, 0.4) is 0 Å². The monoisotopic (exact) mass is 357 g/mol. The van der Waals surface area contributed by atoms with Crippen molar-refractivity contribution < 1.29 is 19.0 Å². The smallest absolute Gasteiger partial charge is 0.248 e. The summed E-state index contributed by atoms with van der Waals surface area (Å²) in [5.74, 6) is 1.61. The van der Waals surface area contributed by atoms with Crippen molar-refractivity contribution in [3.8, 4) is 17.2 Å². The SMILES string of the molecule is COc1cc(/C=C/C(=O)Nc2ccc(SC)cc2)cc2c1OCCO2. The molecule has 1 heterocycles. The van der Waals surface area contributed by atoms with Gasteiger partial charge in [0.2, 0.25) is 11.7 Å². The van der Waals surface area contributed by atoms with E-state index in [1.807, 2.05) is 42.7 Å². The van der Waals surface area contributed by atoms with E-state index in [9.17, 15) is 4.79 Å². The first-order valence-corrected chi connectivity index (χ1v) is 9.03. The van der Waals surface area contributed by atoms with E-state index in [0.29, 0.717) is 30.5 Å². The zero-order chi connectivity index (χ0) is 17.6. The van der Waals surface area contributed by atoms with Gasteiger partial charge in [0.1, 0.15) is 13.2 Å². The average Bonchev–Trinajstić information content (AvgIpc) is 2.66. The maximum Gasteiger partial charge on any atom is 0.248 e. The number of anilines is 1. The van der Waals surface area contributed by atoms with Gasteiger partial charge in [-0.1, -0.05) is 0 Å². The summed E-state index contributed by atoms with van der Waals surface area (Å²) in [4.78, 5) is 13.2. The lowest BCUT2D eigenvalue weighted by Crippen LogP contribution is -2.16. The lowest BCUT2D eigenvalue weighted by atomic mass is 10.1. The number of carbonyl (C=O) groups excluding carboxylic acids is 1. The molecule has 0 bridgehead atoms. The predicted molar refractivity (Wildman–Crippen MR) is 99.9 cm³/mol. The van der Waals surface area contributed by atoms with Crippen LogP contribution >= 0.6 is 11.8 Å². The van der Waals surface area contributed by atoms with Gasteiger partial charge in [0.15, 0.2) is 11.5 Å². The second-order valence-corrected chi connectivity index (χ2v) is 6.18. The molecule has 2 aromatic carbocycles. The summed E-state index contributed by atoms with van der Waals surface area (Å²) < 4.78 is 16.5. The van der Waals surface area contributed by atoms with Crippen LogP contribution in [-0.4, -0.2) is 32.5 Å². The van der Waals surface area contributed by atoms with E-state index in [0.717, 1.165) is 16.1 Å². The van der Waals surface area contributed by atoms with Gasteiger partial charge in [-0.25, -0.2) is 0 Å². The zero-order valence-electron chi connectivity index (χ0n) is 14.1. The quantitative estimate of drug-likeness (QED) is 0.651. The highest BCUT2D eigenvalue weighted by Crippen LogP contribution is 2.40. The van der Waals surface area contributed by atoms with E-state index in [2.05, 4.69) is 5.32 Å². The van der Waals surface area contributed by atoms with E-state index in [4.69, 9.17) is 14.2 Å². The molecule has 1 amide bonds. The molecule has 5 nitrogen and oxygen atoms in total. The molecule has 1 aliphatic heterocycles. The van der Waals surface area contributed by atoms with Crippen LogP contribution in [0.5, 0.6) is 17.2 Å². The number of amides is 1. The van der Waals surface area contributed by atoms with Crippen molar-refractivity contribution in [1.29, 1.82) is 0 Å². The molecule has 25 heavy (non-hydrogen) atoms. The highest BCUT2D eigenvalue weighted by Gasteiger charge is 2.17. The first-order chi connectivity index (χ1) is 12.2. The van der Waals surface area contributed by atoms with Gasteiger partial charge in [0, 0.05) is 16.7 Å². The molecule has 1 aliphatic rings. The minimum atomic E-state index is -0.203. The van der Waals surface area contributed by atoms with Gasteiger partial charge < -0.3 is 19.5 Å². The number of carbonyl (C=O) groups is 1. The van der Waals surface area contributed by atoms with E-state index >= 15 is 0 Å². The lowest BCUT2D eigenvalue weighted by molar-refractivity contribution is -0.111. The molecule has 0 saturated carbocycles. The van der Waals surface area contributed by atoms with Gasteiger partial charge in [0.25, 0.3) is 0 Å². The van der Waals surface area contributed by atoms with Gasteiger partial charge in [0.05, 0.1) is 7.11 Å². The fraction of sp³-hybridized carbons (Fsp3) is 0.211. The number of benzene rings is 2. The molecule has 0 saturated heterocycles.